The number of carbonyl (C=O) groups excluding carboxylic acids is 1. The SMILES string of the molecule is Cc1cnc(CNC(=O)NC(C)c2csc(C3CC3)n2)s1. The maximum Gasteiger partial charge on any atom is 0.315 e. The molecule has 2 amide bonds. The predicted molar refractivity (Wildman–Crippen MR) is 84.7 cm³/mol. The smallest absolute Gasteiger partial charge is 0.315 e. The van der Waals surface area contributed by atoms with E-state index in [0.29, 0.717) is 12.5 Å². The van der Waals surface area contributed by atoms with E-state index in [1.165, 1.54) is 17.8 Å². The van der Waals surface area contributed by atoms with Crippen LogP contribution in [0.1, 0.15) is 52.3 Å². The third-order valence-electron chi connectivity index (χ3n) is 3.33. The zero-order valence-electron chi connectivity index (χ0n) is 12.0. The van der Waals surface area contributed by atoms with Gasteiger partial charge in [-0.05, 0) is 26.7 Å². The van der Waals surface area contributed by atoms with Crippen LogP contribution < -0.4 is 10.6 Å². The highest BCUT2D eigenvalue weighted by atomic mass is 32.1. The van der Waals surface area contributed by atoms with Gasteiger partial charge in [-0.1, -0.05) is 0 Å². The van der Waals surface area contributed by atoms with Gasteiger partial charge in [-0.2, -0.15) is 0 Å². The van der Waals surface area contributed by atoms with Crippen molar-refractivity contribution < 1.29 is 4.79 Å². The van der Waals surface area contributed by atoms with Crippen molar-refractivity contribution in [1.29, 1.82) is 0 Å². The van der Waals surface area contributed by atoms with Crippen molar-refractivity contribution in [2.45, 2.75) is 45.2 Å². The Bertz CT molecular complexity index is 632. The molecule has 1 saturated carbocycles. The molecule has 0 aromatic carbocycles. The molecule has 5 nitrogen and oxygen atoms in total. The summed E-state index contributed by atoms with van der Waals surface area (Å²) in [6.07, 6.45) is 4.32. The van der Waals surface area contributed by atoms with Gasteiger partial charge >= 0.3 is 6.03 Å². The molecule has 2 aromatic heterocycles. The molecule has 2 N–H and O–H groups in total. The molecular weight excluding hydrogens is 304 g/mol. The van der Waals surface area contributed by atoms with Crippen molar-refractivity contribution in [1.82, 2.24) is 20.6 Å². The van der Waals surface area contributed by atoms with Crippen molar-refractivity contribution in [2.24, 2.45) is 0 Å². The number of amides is 2. The van der Waals surface area contributed by atoms with E-state index < -0.39 is 0 Å². The van der Waals surface area contributed by atoms with Crippen LogP contribution in [-0.4, -0.2) is 16.0 Å². The van der Waals surface area contributed by atoms with Crippen LogP contribution in [-0.2, 0) is 6.54 Å². The van der Waals surface area contributed by atoms with Crippen molar-refractivity contribution in [3.63, 3.8) is 0 Å². The number of aromatic nitrogens is 2. The Hall–Kier alpha value is -1.47. The van der Waals surface area contributed by atoms with Crippen molar-refractivity contribution >= 4 is 28.7 Å². The maximum absolute atomic E-state index is 11.9. The first-order valence-electron chi connectivity index (χ1n) is 7.03. The summed E-state index contributed by atoms with van der Waals surface area (Å²) in [5.74, 6) is 0.665. The Morgan fingerprint density at radius 1 is 1.52 bits per heavy atom. The number of hydrogen-bond acceptors (Lipinski definition) is 5. The summed E-state index contributed by atoms with van der Waals surface area (Å²) in [5, 5.41) is 9.91. The number of urea groups is 1. The number of aryl methyl sites for hydroxylation is 1. The lowest BCUT2D eigenvalue weighted by atomic mass is 10.2. The molecule has 1 atom stereocenters. The minimum absolute atomic E-state index is 0.0771. The Balaban J connectivity index is 1.48. The van der Waals surface area contributed by atoms with Gasteiger partial charge in [0.25, 0.3) is 0 Å². The summed E-state index contributed by atoms with van der Waals surface area (Å²) in [7, 11) is 0. The lowest BCUT2D eigenvalue weighted by Crippen LogP contribution is -2.36. The summed E-state index contributed by atoms with van der Waals surface area (Å²) < 4.78 is 0. The van der Waals surface area contributed by atoms with Crippen LogP contribution in [0.25, 0.3) is 0 Å². The fraction of sp³-hybridized carbons (Fsp3) is 0.500. The normalized spacial score (nSPS) is 15.7. The molecule has 0 radical (unpaired) electrons. The van der Waals surface area contributed by atoms with Gasteiger partial charge < -0.3 is 10.6 Å². The molecule has 1 unspecified atom stereocenters. The third kappa shape index (κ3) is 3.79. The van der Waals surface area contributed by atoms with Crippen molar-refractivity contribution in [2.75, 3.05) is 0 Å². The van der Waals surface area contributed by atoms with Gasteiger partial charge in [-0.3, -0.25) is 0 Å². The zero-order valence-corrected chi connectivity index (χ0v) is 13.7. The van der Waals surface area contributed by atoms with Gasteiger partial charge in [0.15, 0.2) is 0 Å². The minimum atomic E-state index is -0.184. The molecule has 0 aliphatic heterocycles. The van der Waals surface area contributed by atoms with E-state index in [9.17, 15) is 4.79 Å². The average Bonchev–Trinajstić information content (AvgIpc) is 3.03. The number of nitrogens with one attached hydrogen (secondary N) is 2. The molecule has 2 heterocycles. The predicted octanol–water partition coefficient (Wildman–Crippen LogP) is 3.35. The van der Waals surface area contributed by atoms with E-state index in [0.717, 1.165) is 15.6 Å². The first-order chi connectivity index (χ1) is 10.1. The topological polar surface area (TPSA) is 66.9 Å². The Morgan fingerprint density at radius 3 is 3.00 bits per heavy atom. The molecular formula is C14H18N4OS2. The first-order valence-corrected chi connectivity index (χ1v) is 8.72. The lowest BCUT2D eigenvalue weighted by Gasteiger charge is -2.12. The minimum Gasteiger partial charge on any atom is -0.332 e. The molecule has 2 aromatic rings. The maximum atomic E-state index is 11.9. The number of rotatable bonds is 5. The van der Waals surface area contributed by atoms with Gasteiger partial charge in [-0.15, -0.1) is 22.7 Å². The summed E-state index contributed by atoms with van der Waals surface area (Å²) >= 11 is 3.29. The van der Waals surface area contributed by atoms with Gasteiger partial charge in [-0.25, -0.2) is 14.8 Å². The van der Waals surface area contributed by atoms with Crippen LogP contribution in [0.5, 0.6) is 0 Å². The van der Waals surface area contributed by atoms with Crippen LogP contribution in [0, 0.1) is 6.92 Å². The Labute approximate surface area is 131 Å². The summed E-state index contributed by atoms with van der Waals surface area (Å²) in [6.45, 7) is 4.42. The largest absolute Gasteiger partial charge is 0.332 e. The van der Waals surface area contributed by atoms with Gasteiger partial charge in [0.1, 0.15) is 5.01 Å². The summed E-state index contributed by atoms with van der Waals surface area (Å²) in [6, 6.07) is -0.261. The highest BCUT2D eigenvalue weighted by Crippen LogP contribution is 2.41. The molecule has 1 fully saturated rings. The second-order valence-electron chi connectivity index (χ2n) is 5.30. The lowest BCUT2D eigenvalue weighted by molar-refractivity contribution is 0.237. The summed E-state index contributed by atoms with van der Waals surface area (Å²) in [4.78, 5) is 21.9. The van der Waals surface area contributed by atoms with Gasteiger partial charge in [0.05, 0.1) is 23.3 Å². The molecule has 1 aliphatic carbocycles. The van der Waals surface area contributed by atoms with E-state index in [2.05, 4.69) is 20.6 Å². The Morgan fingerprint density at radius 2 is 2.33 bits per heavy atom. The molecule has 21 heavy (non-hydrogen) atoms. The highest BCUT2D eigenvalue weighted by molar-refractivity contribution is 7.11. The van der Waals surface area contributed by atoms with E-state index >= 15 is 0 Å². The van der Waals surface area contributed by atoms with E-state index in [-0.39, 0.29) is 12.1 Å². The molecule has 0 saturated heterocycles. The first kappa shape index (κ1) is 14.5. The van der Waals surface area contributed by atoms with Gasteiger partial charge in [0.2, 0.25) is 0 Å². The Kier molecular flexibility index (Phi) is 4.21. The van der Waals surface area contributed by atoms with E-state index in [1.54, 1.807) is 22.7 Å². The van der Waals surface area contributed by atoms with Crippen LogP contribution in [0.2, 0.25) is 0 Å². The van der Waals surface area contributed by atoms with Crippen LogP contribution in [0.3, 0.4) is 0 Å². The van der Waals surface area contributed by atoms with Crippen LogP contribution in [0.15, 0.2) is 11.6 Å². The summed E-state index contributed by atoms with van der Waals surface area (Å²) in [5.41, 5.74) is 0.946. The zero-order chi connectivity index (χ0) is 14.8. The van der Waals surface area contributed by atoms with Crippen LogP contribution >= 0.6 is 22.7 Å². The molecule has 3 rings (SSSR count). The average molecular weight is 322 g/mol. The molecule has 7 heteroatoms. The third-order valence-corrected chi connectivity index (χ3v) is 5.27. The number of nitrogens with zero attached hydrogens (tertiary/aromatic N) is 2. The molecule has 0 spiro atoms. The van der Waals surface area contributed by atoms with E-state index in [4.69, 9.17) is 0 Å². The molecule has 0 bridgehead atoms. The van der Waals surface area contributed by atoms with Gasteiger partial charge in [0, 0.05) is 22.4 Å². The van der Waals surface area contributed by atoms with E-state index in [1.807, 2.05) is 25.4 Å². The number of carbonyl (C=O) groups is 1. The fourth-order valence-corrected chi connectivity index (χ4v) is 3.79. The number of thiazole rings is 2. The number of hydrogen-bond donors (Lipinski definition) is 2. The van der Waals surface area contributed by atoms with Crippen molar-refractivity contribution in [3.05, 3.63) is 32.2 Å². The standard InChI is InChI=1S/C14H18N4OS2/c1-8-5-15-12(21-8)6-16-14(19)17-9(2)11-7-20-13(18-11)10-3-4-10/h5,7,9-10H,3-4,6H2,1-2H3,(H2,16,17,19). The second-order valence-corrected chi connectivity index (χ2v) is 7.51. The highest BCUT2D eigenvalue weighted by Gasteiger charge is 2.27. The van der Waals surface area contributed by atoms with Crippen molar-refractivity contribution in [3.8, 4) is 0 Å². The quantitative estimate of drug-likeness (QED) is 0.887. The molecule has 1 aliphatic rings. The molecule has 112 valence electrons. The fourth-order valence-electron chi connectivity index (χ4n) is 1.98. The monoisotopic (exact) mass is 322 g/mol. The second kappa shape index (κ2) is 6.11. The van der Waals surface area contributed by atoms with Crippen LogP contribution in [0.4, 0.5) is 4.79 Å².